The smallest absolute Gasteiger partial charge is 0.373 e. The highest BCUT2D eigenvalue weighted by Gasteiger charge is 2.33. The first-order valence-electron chi connectivity index (χ1n) is 6.12. The fourth-order valence-corrected chi connectivity index (χ4v) is 1.65. The summed E-state index contributed by atoms with van der Waals surface area (Å²) in [5.41, 5.74) is -0.191. The van der Waals surface area contributed by atoms with Gasteiger partial charge >= 0.3 is 5.97 Å². The maximum atomic E-state index is 11.1. The van der Waals surface area contributed by atoms with Crippen molar-refractivity contribution in [1.29, 1.82) is 0 Å². The van der Waals surface area contributed by atoms with Crippen LogP contribution in [-0.2, 0) is 16.8 Å². The first-order valence-corrected chi connectivity index (χ1v) is 6.12. The van der Waals surface area contributed by atoms with Gasteiger partial charge in [-0.3, -0.25) is 0 Å². The minimum atomic E-state index is -1.08. The molecule has 18 heavy (non-hydrogen) atoms. The fourth-order valence-electron chi connectivity index (χ4n) is 1.65. The van der Waals surface area contributed by atoms with Gasteiger partial charge in [-0.05, 0) is 25.7 Å². The highest BCUT2D eigenvalue weighted by atomic mass is 16.5. The Labute approximate surface area is 107 Å². The molecule has 1 unspecified atom stereocenters. The number of carbonyl (C=O) groups is 1. The molecule has 0 saturated heterocycles. The van der Waals surface area contributed by atoms with E-state index in [-0.39, 0.29) is 5.76 Å². The topological polar surface area (TPSA) is 72.6 Å². The Kier molecular flexibility index (Phi) is 4.51. The standard InChI is InChI=1S/C13H21NO4/c1-6-13(4,17-5)12-14-9(7-8(2)3)10(18-12)11(15)16/h8H,6-7H2,1-5H3,(H,15,16). The Bertz CT molecular complexity index is 419. The van der Waals surface area contributed by atoms with Crippen LogP contribution >= 0.6 is 0 Å². The number of methoxy groups -OCH3 is 1. The Morgan fingerprint density at radius 1 is 1.56 bits per heavy atom. The third kappa shape index (κ3) is 2.90. The number of carboxylic acids is 1. The van der Waals surface area contributed by atoms with Crippen molar-refractivity contribution in [2.24, 2.45) is 5.92 Å². The molecule has 0 aromatic carbocycles. The Hall–Kier alpha value is -1.36. The average Bonchev–Trinajstić information content (AvgIpc) is 2.71. The zero-order valence-electron chi connectivity index (χ0n) is 11.6. The highest BCUT2D eigenvalue weighted by Crippen LogP contribution is 2.29. The van der Waals surface area contributed by atoms with E-state index in [1.54, 1.807) is 7.11 Å². The zero-order chi connectivity index (χ0) is 13.9. The van der Waals surface area contributed by atoms with Crippen LogP contribution in [0.15, 0.2) is 4.42 Å². The number of carboxylic acid groups (broad SMARTS) is 1. The van der Waals surface area contributed by atoms with Gasteiger partial charge in [0.15, 0.2) is 0 Å². The van der Waals surface area contributed by atoms with Gasteiger partial charge < -0.3 is 14.3 Å². The number of oxazole rings is 1. The lowest BCUT2D eigenvalue weighted by Gasteiger charge is -2.22. The number of aromatic carboxylic acids is 1. The van der Waals surface area contributed by atoms with Gasteiger partial charge in [0, 0.05) is 7.11 Å². The molecule has 5 heteroatoms. The predicted molar refractivity (Wildman–Crippen MR) is 66.7 cm³/mol. The summed E-state index contributed by atoms with van der Waals surface area (Å²) in [6.45, 7) is 7.80. The normalized spacial score (nSPS) is 14.8. The lowest BCUT2D eigenvalue weighted by Crippen LogP contribution is -2.23. The highest BCUT2D eigenvalue weighted by molar-refractivity contribution is 5.85. The van der Waals surface area contributed by atoms with Crippen LogP contribution in [0.2, 0.25) is 0 Å². The molecule has 0 fully saturated rings. The summed E-state index contributed by atoms with van der Waals surface area (Å²) in [4.78, 5) is 15.5. The summed E-state index contributed by atoms with van der Waals surface area (Å²) in [5, 5.41) is 9.13. The van der Waals surface area contributed by atoms with E-state index in [4.69, 9.17) is 14.3 Å². The van der Waals surface area contributed by atoms with Crippen LogP contribution in [0.25, 0.3) is 0 Å². The fraction of sp³-hybridized carbons (Fsp3) is 0.692. The van der Waals surface area contributed by atoms with Gasteiger partial charge in [0.2, 0.25) is 11.7 Å². The Morgan fingerprint density at radius 3 is 2.56 bits per heavy atom. The van der Waals surface area contributed by atoms with Crippen molar-refractivity contribution in [3.63, 3.8) is 0 Å². The van der Waals surface area contributed by atoms with Crippen LogP contribution in [-0.4, -0.2) is 23.2 Å². The second kappa shape index (κ2) is 5.52. The average molecular weight is 255 g/mol. The van der Waals surface area contributed by atoms with Crippen LogP contribution in [0.4, 0.5) is 0 Å². The molecule has 1 rings (SSSR count). The summed E-state index contributed by atoms with van der Waals surface area (Å²) >= 11 is 0. The van der Waals surface area contributed by atoms with Crippen molar-refractivity contribution in [1.82, 2.24) is 4.98 Å². The lowest BCUT2D eigenvalue weighted by atomic mass is 10.0. The summed E-state index contributed by atoms with van der Waals surface area (Å²) in [7, 11) is 1.57. The molecule has 0 aliphatic rings. The third-order valence-electron chi connectivity index (χ3n) is 3.07. The van der Waals surface area contributed by atoms with Crippen molar-refractivity contribution in [3.05, 3.63) is 17.3 Å². The van der Waals surface area contributed by atoms with E-state index in [2.05, 4.69) is 4.98 Å². The molecule has 0 aliphatic carbocycles. The van der Waals surface area contributed by atoms with E-state index in [1.165, 1.54) is 0 Å². The van der Waals surface area contributed by atoms with Crippen LogP contribution in [0.5, 0.6) is 0 Å². The third-order valence-corrected chi connectivity index (χ3v) is 3.07. The van der Waals surface area contributed by atoms with Crippen molar-refractivity contribution in [2.75, 3.05) is 7.11 Å². The van der Waals surface area contributed by atoms with Crippen LogP contribution in [0.1, 0.15) is 56.3 Å². The van der Waals surface area contributed by atoms with Crippen LogP contribution < -0.4 is 0 Å². The molecule has 0 bridgehead atoms. The SMILES string of the molecule is CCC(C)(OC)c1nc(CC(C)C)c(C(=O)O)o1. The summed E-state index contributed by atoms with van der Waals surface area (Å²) < 4.78 is 10.8. The number of hydrogen-bond donors (Lipinski definition) is 1. The van der Waals surface area contributed by atoms with E-state index >= 15 is 0 Å². The van der Waals surface area contributed by atoms with Gasteiger partial charge in [-0.25, -0.2) is 9.78 Å². The quantitative estimate of drug-likeness (QED) is 0.846. The van der Waals surface area contributed by atoms with Gasteiger partial charge in [0.05, 0.1) is 5.69 Å². The van der Waals surface area contributed by atoms with E-state index in [9.17, 15) is 4.79 Å². The van der Waals surface area contributed by atoms with E-state index in [0.717, 1.165) is 0 Å². The van der Waals surface area contributed by atoms with Gasteiger partial charge in [0.25, 0.3) is 0 Å². The first-order chi connectivity index (χ1) is 8.34. The molecule has 102 valence electrons. The minimum Gasteiger partial charge on any atom is -0.475 e. The van der Waals surface area contributed by atoms with Crippen molar-refractivity contribution >= 4 is 5.97 Å². The van der Waals surface area contributed by atoms with Crippen molar-refractivity contribution in [3.8, 4) is 0 Å². The second-order valence-corrected chi connectivity index (χ2v) is 4.99. The zero-order valence-corrected chi connectivity index (χ0v) is 11.6. The van der Waals surface area contributed by atoms with Crippen molar-refractivity contribution < 1.29 is 19.1 Å². The van der Waals surface area contributed by atoms with Gasteiger partial charge in [-0.15, -0.1) is 0 Å². The van der Waals surface area contributed by atoms with Gasteiger partial charge in [-0.2, -0.15) is 0 Å². The Balaban J connectivity index is 3.21. The minimum absolute atomic E-state index is 0.0737. The number of nitrogens with zero attached hydrogens (tertiary/aromatic N) is 1. The number of rotatable bonds is 6. The molecular formula is C13H21NO4. The molecule has 1 N–H and O–H groups in total. The number of ether oxygens (including phenoxy) is 1. The van der Waals surface area contributed by atoms with Crippen LogP contribution in [0.3, 0.4) is 0 Å². The number of aromatic nitrogens is 1. The first kappa shape index (κ1) is 14.7. The van der Waals surface area contributed by atoms with E-state index in [0.29, 0.717) is 30.3 Å². The molecule has 1 aromatic rings. The Morgan fingerprint density at radius 2 is 2.17 bits per heavy atom. The molecule has 0 radical (unpaired) electrons. The lowest BCUT2D eigenvalue weighted by molar-refractivity contribution is -0.0242. The monoisotopic (exact) mass is 255 g/mol. The molecule has 1 heterocycles. The molecule has 0 aliphatic heterocycles. The molecule has 5 nitrogen and oxygen atoms in total. The van der Waals surface area contributed by atoms with E-state index < -0.39 is 11.6 Å². The van der Waals surface area contributed by atoms with Crippen LogP contribution in [0, 0.1) is 5.92 Å². The van der Waals surface area contributed by atoms with E-state index in [1.807, 2.05) is 27.7 Å². The summed E-state index contributed by atoms with van der Waals surface area (Å²) in [5.74, 6) is -0.508. The molecule has 1 aromatic heterocycles. The maximum absolute atomic E-state index is 11.1. The maximum Gasteiger partial charge on any atom is 0.373 e. The predicted octanol–water partition coefficient (Wildman–Crippen LogP) is 2.84. The van der Waals surface area contributed by atoms with Crippen molar-refractivity contribution in [2.45, 2.75) is 46.1 Å². The summed E-state index contributed by atoms with van der Waals surface area (Å²) in [6, 6.07) is 0. The van der Waals surface area contributed by atoms with Gasteiger partial charge in [-0.1, -0.05) is 20.8 Å². The molecule has 0 spiro atoms. The second-order valence-electron chi connectivity index (χ2n) is 4.99. The molecule has 0 amide bonds. The molecule has 1 atom stereocenters. The van der Waals surface area contributed by atoms with Gasteiger partial charge in [0.1, 0.15) is 5.60 Å². The molecule has 0 saturated carbocycles. The largest absolute Gasteiger partial charge is 0.475 e. The molecular weight excluding hydrogens is 234 g/mol. The number of hydrogen-bond acceptors (Lipinski definition) is 4. The summed E-state index contributed by atoms with van der Waals surface area (Å²) in [6.07, 6.45) is 1.23.